The predicted molar refractivity (Wildman–Crippen MR) is 150 cm³/mol. The molecule has 0 aliphatic carbocycles. The molecule has 5 aromatic rings. The quantitative estimate of drug-likeness (QED) is 0.240. The fraction of sp³-hybridized carbons (Fsp3) is 0.161. The van der Waals surface area contributed by atoms with Crippen LogP contribution in [0.4, 0.5) is 16.0 Å². The summed E-state index contributed by atoms with van der Waals surface area (Å²) in [6.45, 7) is 3.03. The van der Waals surface area contributed by atoms with Gasteiger partial charge in [0.2, 0.25) is 5.95 Å². The fourth-order valence-corrected chi connectivity index (χ4v) is 4.55. The van der Waals surface area contributed by atoms with Crippen molar-refractivity contribution < 1.29 is 13.9 Å². The Balaban J connectivity index is 1.56. The molecule has 0 bridgehead atoms. The summed E-state index contributed by atoms with van der Waals surface area (Å²) in [6, 6.07) is 24.6. The number of nitrogens with zero attached hydrogens (tertiary/aromatic N) is 3. The van der Waals surface area contributed by atoms with Gasteiger partial charge in [-0.15, -0.1) is 0 Å². The average Bonchev–Trinajstić information content (AvgIpc) is 2.93. The predicted octanol–water partition coefficient (Wildman–Crippen LogP) is 6.55. The molecule has 0 saturated carbocycles. The summed E-state index contributed by atoms with van der Waals surface area (Å²) in [7, 11) is 3.30. The number of ether oxygens (including phenoxy) is 2. The van der Waals surface area contributed by atoms with Gasteiger partial charge < -0.3 is 20.1 Å². The maximum Gasteiger partial charge on any atom is 0.226 e. The third-order valence-corrected chi connectivity index (χ3v) is 6.58. The standard InChI is InChI=1S/C31H29FN4O2/c1-20-5-4-6-27(32)30(20)23-15-28(33)26-17-34-31(35-29(26)16-23)36(18-21-7-11-24(37-2)12-8-21)19-22-9-13-25(38-3)14-10-22/h4-17H,18-19,33H2,1-3H3. The number of benzene rings is 4. The lowest BCUT2D eigenvalue weighted by atomic mass is 9.98. The third kappa shape index (κ3) is 5.22. The zero-order chi connectivity index (χ0) is 26.6. The van der Waals surface area contributed by atoms with Gasteiger partial charge in [-0.2, -0.15) is 0 Å². The number of anilines is 2. The van der Waals surface area contributed by atoms with Crippen molar-refractivity contribution >= 4 is 22.5 Å². The van der Waals surface area contributed by atoms with Crippen molar-refractivity contribution in [1.29, 1.82) is 0 Å². The van der Waals surface area contributed by atoms with Crippen LogP contribution in [0.1, 0.15) is 16.7 Å². The summed E-state index contributed by atoms with van der Waals surface area (Å²) in [5, 5.41) is 0.723. The highest BCUT2D eigenvalue weighted by Gasteiger charge is 2.16. The van der Waals surface area contributed by atoms with Gasteiger partial charge in [0.25, 0.3) is 0 Å². The van der Waals surface area contributed by atoms with Crippen LogP contribution >= 0.6 is 0 Å². The van der Waals surface area contributed by atoms with Crippen LogP contribution in [0.25, 0.3) is 22.0 Å². The van der Waals surface area contributed by atoms with Crippen LogP contribution in [0.2, 0.25) is 0 Å². The van der Waals surface area contributed by atoms with Crippen LogP contribution in [0.15, 0.2) is 85.1 Å². The minimum atomic E-state index is -0.293. The Hall–Kier alpha value is -4.65. The lowest BCUT2D eigenvalue weighted by Crippen LogP contribution is -2.24. The Morgan fingerprint density at radius 2 is 1.45 bits per heavy atom. The van der Waals surface area contributed by atoms with Crippen molar-refractivity contribution in [2.24, 2.45) is 0 Å². The molecule has 7 heteroatoms. The largest absolute Gasteiger partial charge is 0.497 e. The Morgan fingerprint density at radius 1 is 0.842 bits per heavy atom. The van der Waals surface area contributed by atoms with Gasteiger partial charge in [0, 0.05) is 35.9 Å². The molecule has 1 heterocycles. The van der Waals surface area contributed by atoms with E-state index in [9.17, 15) is 4.39 Å². The van der Waals surface area contributed by atoms with Crippen molar-refractivity contribution in [3.8, 4) is 22.6 Å². The van der Waals surface area contributed by atoms with Crippen molar-refractivity contribution in [1.82, 2.24) is 9.97 Å². The van der Waals surface area contributed by atoms with Gasteiger partial charge in [-0.1, -0.05) is 36.4 Å². The highest BCUT2D eigenvalue weighted by atomic mass is 19.1. The average molecular weight is 509 g/mol. The number of nitrogens with two attached hydrogens (primary N) is 1. The Morgan fingerprint density at radius 3 is 2.00 bits per heavy atom. The number of aromatic nitrogens is 2. The topological polar surface area (TPSA) is 73.5 Å². The molecular formula is C31H29FN4O2. The van der Waals surface area contributed by atoms with Gasteiger partial charge in [-0.3, -0.25) is 0 Å². The van der Waals surface area contributed by atoms with E-state index < -0.39 is 0 Å². The number of hydrogen-bond acceptors (Lipinski definition) is 6. The van der Waals surface area contributed by atoms with E-state index in [4.69, 9.17) is 20.2 Å². The number of fused-ring (bicyclic) bond motifs is 1. The Kier molecular flexibility index (Phi) is 7.09. The second-order valence-electron chi connectivity index (χ2n) is 9.15. The van der Waals surface area contributed by atoms with Crippen LogP contribution in [0.5, 0.6) is 11.5 Å². The molecule has 0 radical (unpaired) electrons. The molecule has 1 aromatic heterocycles. The second kappa shape index (κ2) is 10.8. The molecule has 2 N–H and O–H groups in total. The minimum absolute atomic E-state index is 0.293. The summed E-state index contributed by atoms with van der Waals surface area (Å²) in [5.74, 6) is 1.84. The molecule has 0 fully saturated rings. The third-order valence-electron chi connectivity index (χ3n) is 6.58. The van der Waals surface area contributed by atoms with E-state index in [1.54, 1.807) is 32.5 Å². The van der Waals surface area contributed by atoms with E-state index in [-0.39, 0.29) is 5.82 Å². The van der Waals surface area contributed by atoms with E-state index in [0.717, 1.165) is 33.6 Å². The van der Waals surface area contributed by atoms with E-state index in [2.05, 4.69) is 9.88 Å². The second-order valence-corrected chi connectivity index (χ2v) is 9.15. The number of methoxy groups -OCH3 is 2. The van der Waals surface area contributed by atoms with E-state index >= 15 is 0 Å². The van der Waals surface area contributed by atoms with Crippen LogP contribution in [-0.2, 0) is 13.1 Å². The first kappa shape index (κ1) is 25.0. The number of rotatable bonds is 8. The van der Waals surface area contributed by atoms with Crippen LogP contribution < -0.4 is 20.1 Å². The number of aryl methyl sites for hydroxylation is 1. The normalized spacial score (nSPS) is 10.9. The lowest BCUT2D eigenvalue weighted by Gasteiger charge is -2.24. The molecule has 0 spiro atoms. The summed E-state index contributed by atoms with van der Waals surface area (Å²) >= 11 is 0. The van der Waals surface area contributed by atoms with Crippen molar-refractivity contribution in [3.05, 3.63) is 108 Å². The molecule has 192 valence electrons. The molecular weight excluding hydrogens is 479 g/mol. The molecule has 38 heavy (non-hydrogen) atoms. The number of halogens is 1. The monoisotopic (exact) mass is 508 g/mol. The van der Waals surface area contributed by atoms with Crippen LogP contribution in [0.3, 0.4) is 0 Å². The first-order valence-corrected chi connectivity index (χ1v) is 12.3. The van der Waals surface area contributed by atoms with Gasteiger partial charge >= 0.3 is 0 Å². The lowest BCUT2D eigenvalue weighted by molar-refractivity contribution is 0.414. The maximum atomic E-state index is 14.8. The summed E-state index contributed by atoms with van der Waals surface area (Å²) < 4.78 is 25.4. The van der Waals surface area contributed by atoms with E-state index in [0.29, 0.717) is 41.4 Å². The zero-order valence-electron chi connectivity index (χ0n) is 21.6. The van der Waals surface area contributed by atoms with Gasteiger partial charge in [0.05, 0.1) is 19.7 Å². The molecule has 0 unspecified atom stereocenters. The van der Waals surface area contributed by atoms with Gasteiger partial charge in [0.15, 0.2) is 0 Å². The Bertz CT molecular complexity index is 1500. The smallest absolute Gasteiger partial charge is 0.226 e. The molecule has 4 aromatic carbocycles. The van der Waals surface area contributed by atoms with Crippen molar-refractivity contribution in [2.45, 2.75) is 20.0 Å². The highest BCUT2D eigenvalue weighted by Crippen LogP contribution is 2.33. The van der Waals surface area contributed by atoms with Crippen molar-refractivity contribution in [3.63, 3.8) is 0 Å². The number of nitrogen functional groups attached to an aromatic ring is 1. The first-order chi connectivity index (χ1) is 18.4. The molecule has 0 saturated heterocycles. The Labute approximate surface area is 221 Å². The number of hydrogen-bond donors (Lipinski definition) is 1. The molecule has 6 nitrogen and oxygen atoms in total. The van der Waals surface area contributed by atoms with Crippen LogP contribution in [-0.4, -0.2) is 24.2 Å². The van der Waals surface area contributed by atoms with Gasteiger partial charge in [0.1, 0.15) is 17.3 Å². The van der Waals surface area contributed by atoms with Crippen molar-refractivity contribution in [2.75, 3.05) is 24.9 Å². The van der Waals surface area contributed by atoms with Gasteiger partial charge in [-0.05, 0) is 71.6 Å². The summed E-state index contributed by atoms with van der Waals surface area (Å²) in [4.78, 5) is 11.7. The maximum absolute atomic E-state index is 14.8. The van der Waals surface area contributed by atoms with Gasteiger partial charge in [-0.25, -0.2) is 14.4 Å². The molecule has 0 aliphatic rings. The minimum Gasteiger partial charge on any atom is -0.497 e. The summed E-state index contributed by atoms with van der Waals surface area (Å²) in [6.07, 6.45) is 1.74. The molecule has 0 atom stereocenters. The van der Waals surface area contributed by atoms with E-state index in [1.807, 2.05) is 67.6 Å². The summed E-state index contributed by atoms with van der Waals surface area (Å²) in [5.41, 5.74) is 11.7. The first-order valence-electron chi connectivity index (χ1n) is 12.3. The highest BCUT2D eigenvalue weighted by molar-refractivity contribution is 5.94. The van der Waals surface area contributed by atoms with Crippen LogP contribution in [0, 0.1) is 12.7 Å². The molecule has 0 amide bonds. The molecule has 5 rings (SSSR count). The fourth-order valence-electron chi connectivity index (χ4n) is 4.55. The van der Waals surface area contributed by atoms with E-state index in [1.165, 1.54) is 6.07 Å². The molecule has 0 aliphatic heterocycles. The zero-order valence-corrected chi connectivity index (χ0v) is 21.6. The SMILES string of the molecule is COc1ccc(CN(Cc2ccc(OC)cc2)c2ncc3c(N)cc(-c4c(C)cccc4F)cc3n2)cc1.